The molecule has 5 heterocycles. The van der Waals surface area contributed by atoms with Gasteiger partial charge in [0.1, 0.15) is 29.1 Å². The zero-order valence-electron chi connectivity index (χ0n) is 32.3. The second kappa shape index (κ2) is 14.0. The predicted octanol–water partition coefficient (Wildman–Crippen LogP) is 10.8. The largest absolute Gasteiger partial charge is 0.497 e. The van der Waals surface area contributed by atoms with Crippen molar-refractivity contribution < 1.29 is 24.1 Å². The van der Waals surface area contributed by atoms with Gasteiger partial charge in [0.05, 0.1) is 51.2 Å². The normalized spacial score (nSPS) is 13.8. The first-order valence-electron chi connectivity index (χ1n) is 18.9. The first-order chi connectivity index (χ1) is 28.4. The third-order valence-corrected chi connectivity index (χ3v) is 11.1. The van der Waals surface area contributed by atoms with Gasteiger partial charge in [-0.2, -0.15) is 0 Å². The van der Waals surface area contributed by atoms with Gasteiger partial charge in [0, 0.05) is 49.9 Å². The molecule has 8 bridgehead atoms. The van der Waals surface area contributed by atoms with E-state index in [1.54, 1.807) is 28.4 Å². The number of hydrogen-bond acceptors (Lipinski definition) is 7. The molecule has 284 valence electrons. The van der Waals surface area contributed by atoms with E-state index in [0.717, 1.165) is 101 Å². The molecular formula is C49H38N4O5. The van der Waals surface area contributed by atoms with Crippen molar-refractivity contribution in [3.63, 3.8) is 0 Å². The number of fused-ring (bicyclic) bond motifs is 10. The fraction of sp³-hybridized carbons (Fsp3) is 0.102. The second-order valence-electron chi connectivity index (χ2n) is 14.3. The molecule has 0 amide bonds. The number of rotatable bonds is 7. The number of H-pyrrole nitrogens is 2. The molecule has 7 aromatic rings. The van der Waals surface area contributed by atoms with E-state index in [1.165, 1.54) is 0 Å². The fourth-order valence-corrected chi connectivity index (χ4v) is 8.27. The van der Waals surface area contributed by atoms with Gasteiger partial charge in [-0.15, -0.1) is 0 Å². The molecule has 10 rings (SSSR count). The SMILES string of the molecule is COc1ccc(-c2c3nc(c(-c4ccc(OC)cc4)c4ccc([nH]4)c4c5nc(c(-c6ccc(OC)cc6)c6ccc2[nH]6)C=C5C(O)c2cc(OC)ccc2-4)C=C3)cc1. The topological polar surface area (TPSA) is 115 Å². The Balaban J connectivity index is 1.38. The van der Waals surface area contributed by atoms with Crippen molar-refractivity contribution in [3.05, 3.63) is 144 Å². The molecule has 1 aliphatic carbocycles. The molecule has 58 heavy (non-hydrogen) atoms. The lowest BCUT2D eigenvalue weighted by Gasteiger charge is -2.24. The van der Waals surface area contributed by atoms with E-state index in [0.29, 0.717) is 22.7 Å². The number of hydrogen-bond donors (Lipinski definition) is 3. The first-order valence-corrected chi connectivity index (χ1v) is 18.9. The third-order valence-electron chi connectivity index (χ3n) is 11.1. The average molecular weight is 763 g/mol. The van der Waals surface area contributed by atoms with Crippen molar-refractivity contribution in [2.45, 2.75) is 6.10 Å². The van der Waals surface area contributed by atoms with Gasteiger partial charge in [0.15, 0.2) is 0 Å². The Morgan fingerprint density at radius 2 is 0.879 bits per heavy atom. The highest BCUT2D eigenvalue weighted by Crippen LogP contribution is 2.50. The van der Waals surface area contributed by atoms with E-state index in [9.17, 15) is 5.11 Å². The number of methoxy groups -OCH3 is 4. The van der Waals surface area contributed by atoms with Gasteiger partial charge < -0.3 is 34.0 Å². The Hall–Kier alpha value is -7.36. The number of benzene rings is 4. The van der Waals surface area contributed by atoms with Crippen LogP contribution in [0.1, 0.15) is 34.4 Å². The van der Waals surface area contributed by atoms with Crippen LogP contribution in [0.3, 0.4) is 0 Å². The summed E-state index contributed by atoms with van der Waals surface area (Å²) < 4.78 is 22.3. The van der Waals surface area contributed by atoms with Crippen molar-refractivity contribution in [2.24, 2.45) is 0 Å². The Labute approximate surface area is 334 Å². The number of nitrogens with zero attached hydrogens (tertiary/aromatic N) is 2. The van der Waals surface area contributed by atoms with Crippen molar-refractivity contribution in [1.82, 2.24) is 19.9 Å². The minimum absolute atomic E-state index is 0.660. The molecule has 0 radical (unpaired) electrons. The zero-order chi connectivity index (χ0) is 39.5. The molecule has 0 spiro atoms. The minimum atomic E-state index is -0.944. The molecule has 9 heteroatoms. The fourth-order valence-electron chi connectivity index (χ4n) is 8.27. The van der Waals surface area contributed by atoms with Crippen LogP contribution in [-0.4, -0.2) is 53.5 Å². The molecule has 0 saturated heterocycles. The van der Waals surface area contributed by atoms with Crippen molar-refractivity contribution in [3.8, 4) is 67.5 Å². The summed E-state index contributed by atoms with van der Waals surface area (Å²) >= 11 is 0. The van der Waals surface area contributed by atoms with Crippen molar-refractivity contribution in [1.29, 1.82) is 0 Å². The highest BCUT2D eigenvalue weighted by atomic mass is 16.5. The quantitative estimate of drug-likeness (QED) is 0.148. The Kier molecular flexibility index (Phi) is 8.46. The van der Waals surface area contributed by atoms with Gasteiger partial charge >= 0.3 is 0 Å². The van der Waals surface area contributed by atoms with E-state index >= 15 is 0 Å². The van der Waals surface area contributed by atoms with Crippen LogP contribution in [0, 0.1) is 0 Å². The van der Waals surface area contributed by atoms with E-state index in [2.05, 4.69) is 70.7 Å². The number of aromatic amines is 2. The lowest BCUT2D eigenvalue weighted by Crippen LogP contribution is -2.09. The highest BCUT2D eigenvalue weighted by Gasteiger charge is 2.33. The van der Waals surface area contributed by atoms with Crippen LogP contribution in [0.5, 0.6) is 23.0 Å². The maximum atomic E-state index is 12.1. The van der Waals surface area contributed by atoms with E-state index in [-0.39, 0.29) is 0 Å². The van der Waals surface area contributed by atoms with Gasteiger partial charge in [-0.1, -0.05) is 42.5 Å². The van der Waals surface area contributed by atoms with Crippen LogP contribution in [0.2, 0.25) is 0 Å². The summed E-state index contributed by atoms with van der Waals surface area (Å²) in [7, 11) is 6.63. The highest BCUT2D eigenvalue weighted by molar-refractivity contribution is 6.05. The summed E-state index contributed by atoms with van der Waals surface area (Å²) in [6.45, 7) is 0. The summed E-state index contributed by atoms with van der Waals surface area (Å²) in [5.74, 6) is 2.93. The van der Waals surface area contributed by atoms with Crippen LogP contribution in [0.25, 0.3) is 90.4 Å². The number of nitrogens with one attached hydrogen (secondary N) is 2. The van der Waals surface area contributed by atoms with Gasteiger partial charge in [-0.25, -0.2) is 9.97 Å². The number of ether oxygens (including phenoxy) is 4. The molecular weight excluding hydrogens is 725 g/mol. The van der Waals surface area contributed by atoms with E-state index < -0.39 is 6.10 Å². The average Bonchev–Trinajstić information content (AvgIpc) is 4.11. The Morgan fingerprint density at radius 3 is 1.33 bits per heavy atom. The Bertz CT molecular complexity index is 2990. The monoisotopic (exact) mass is 762 g/mol. The standard InChI is InChI=1S/C49H38N4O5/c1-55-30-11-5-27(6-12-30)44-37-19-20-38(50-37)45(28-7-13-31(56-2)14-8-28)40-23-24-42(52-40)47-34-18-17-33(58-4)25-35(34)49(54)36-26-43(53-48(36)47)46(41-22-21-39(44)51-41)29-9-15-32(57-3)16-10-29/h5-26,49,51-52,54H,1-4H3. The van der Waals surface area contributed by atoms with Crippen LogP contribution < -0.4 is 18.9 Å². The molecule has 9 nitrogen and oxygen atoms in total. The van der Waals surface area contributed by atoms with Gasteiger partial charge in [-0.3, -0.25) is 0 Å². The minimum Gasteiger partial charge on any atom is -0.497 e. The molecule has 1 atom stereocenters. The van der Waals surface area contributed by atoms with Crippen LogP contribution in [0.15, 0.2) is 115 Å². The van der Waals surface area contributed by atoms with Gasteiger partial charge in [0.2, 0.25) is 0 Å². The molecule has 1 unspecified atom stereocenters. The smallest absolute Gasteiger partial charge is 0.119 e. The molecule has 2 aliphatic heterocycles. The maximum Gasteiger partial charge on any atom is 0.119 e. The second-order valence-corrected chi connectivity index (χ2v) is 14.3. The number of aromatic nitrogens is 4. The predicted molar refractivity (Wildman–Crippen MR) is 231 cm³/mol. The zero-order valence-corrected chi connectivity index (χ0v) is 32.3. The number of aliphatic hydroxyl groups excluding tert-OH is 1. The van der Waals surface area contributed by atoms with Crippen LogP contribution >= 0.6 is 0 Å². The number of aliphatic hydroxyl groups is 1. The lowest BCUT2D eigenvalue weighted by molar-refractivity contribution is 0.238. The van der Waals surface area contributed by atoms with Crippen LogP contribution in [-0.2, 0) is 0 Å². The molecule has 4 aromatic carbocycles. The first kappa shape index (κ1) is 35.1. The molecule has 3 aliphatic rings. The molecule has 3 aromatic heterocycles. The summed E-state index contributed by atoms with van der Waals surface area (Å²) in [5, 5.41) is 12.1. The van der Waals surface area contributed by atoms with Crippen LogP contribution in [0.4, 0.5) is 0 Å². The molecule has 0 saturated carbocycles. The summed E-state index contributed by atoms with van der Waals surface area (Å²) in [6, 6.07) is 38.2. The van der Waals surface area contributed by atoms with E-state index in [1.807, 2.05) is 72.8 Å². The van der Waals surface area contributed by atoms with E-state index in [4.69, 9.17) is 28.9 Å². The maximum absolute atomic E-state index is 12.1. The summed E-state index contributed by atoms with van der Waals surface area (Å²) in [4.78, 5) is 18.4. The summed E-state index contributed by atoms with van der Waals surface area (Å²) in [5.41, 5.74) is 15.2. The third kappa shape index (κ3) is 5.74. The van der Waals surface area contributed by atoms with Gasteiger partial charge in [0.25, 0.3) is 0 Å². The molecule has 0 fully saturated rings. The summed E-state index contributed by atoms with van der Waals surface area (Å²) in [6.07, 6.45) is 5.22. The Morgan fingerprint density at radius 1 is 0.466 bits per heavy atom. The van der Waals surface area contributed by atoms with Crippen molar-refractivity contribution >= 4 is 45.9 Å². The van der Waals surface area contributed by atoms with Gasteiger partial charge in [-0.05, 0) is 119 Å². The lowest BCUT2D eigenvalue weighted by atomic mass is 9.83. The molecule has 3 N–H and O–H groups in total. The van der Waals surface area contributed by atoms with Crippen molar-refractivity contribution in [2.75, 3.05) is 28.4 Å².